The highest BCUT2D eigenvalue weighted by atomic mass is 16.3. The van der Waals surface area contributed by atoms with E-state index in [1.165, 1.54) is 17.2 Å². The summed E-state index contributed by atoms with van der Waals surface area (Å²) in [6, 6.07) is 1.39. The van der Waals surface area contributed by atoms with Crippen LogP contribution in [-0.4, -0.2) is 15.3 Å². The van der Waals surface area contributed by atoms with Crippen molar-refractivity contribution in [3.63, 3.8) is 0 Å². The highest BCUT2D eigenvalue weighted by Gasteiger charge is 2.35. The fourth-order valence-electron chi connectivity index (χ4n) is 5.14. The summed E-state index contributed by atoms with van der Waals surface area (Å²) in [6.45, 7) is 16.5. The van der Waals surface area contributed by atoms with E-state index in [0.717, 1.165) is 36.8 Å². The normalized spacial score (nSPS) is 27.2. The molecule has 2 aliphatic rings. The Labute approximate surface area is 174 Å². The first-order valence-corrected chi connectivity index (χ1v) is 10.5. The van der Waals surface area contributed by atoms with Gasteiger partial charge in [0.15, 0.2) is 0 Å². The molecule has 0 saturated heterocycles. The van der Waals surface area contributed by atoms with Crippen LogP contribution in [0.1, 0.15) is 76.3 Å². The standard InChI is InChI=1S/C26H34O3/c1-14(2)18-9-7-16(5)11-20(18)24-22(27)13-23(28)25(26(24)29)21-12-17(6)8-10-19(21)15(3)4/h11-13,18-21,27-29H,1,3,7-10H2,2,4-6H3/t18-,19+,20+,21-. The van der Waals surface area contributed by atoms with Crippen molar-refractivity contribution < 1.29 is 15.3 Å². The number of rotatable bonds is 4. The molecule has 29 heavy (non-hydrogen) atoms. The average molecular weight is 395 g/mol. The van der Waals surface area contributed by atoms with E-state index >= 15 is 0 Å². The van der Waals surface area contributed by atoms with E-state index in [9.17, 15) is 15.3 Å². The molecule has 1 aromatic carbocycles. The number of hydrogen-bond acceptors (Lipinski definition) is 3. The minimum atomic E-state index is -0.155. The van der Waals surface area contributed by atoms with Gasteiger partial charge in [-0.2, -0.15) is 0 Å². The Balaban J connectivity index is 2.21. The Morgan fingerprint density at radius 3 is 1.52 bits per heavy atom. The van der Waals surface area contributed by atoms with E-state index in [1.807, 2.05) is 13.8 Å². The van der Waals surface area contributed by atoms with Gasteiger partial charge in [0.05, 0.1) is 0 Å². The summed E-state index contributed by atoms with van der Waals surface area (Å²) in [5.74, 6) is -0.132. The van der Waals surface area contributed by atoms with Gasteiger partial charge in [0, 0.05) is 29.0 Å². The Kier molecular flexibility index (Phi) is 5.97. The van der Waals surface area contributed by atoms with Crippen LogP contribution in [-0.2, 0) is 0 Å². The Morgan fingerprint density at radius 2 is 1.17 bits per heavy atom. The van der Waals surface area contributed by atoms with Gasteiger partial charge in [-0.3, -0.25) is 0 Å². The molecule has 3 N–H and O–H groups in total. The summed E-state index contributed by atoms with van der Waals surface area (Å²) < 4.78 is 0. The highest BCUT2D eigenvalue weighted by molar-refractivity contribution is 5.61. The van der Waals surface area contributed by atoms with Crippen LogP contribution in [0, 0.1) is 11.8 Å². The van der Waals surface area contributed by atoms with Gasteiger partial charge in [-0.1, -0.05) is 47.6 Å². The molecule has 1 aromatic rings. The van der Waals surface area contributed by atoms with Crippen molar-refractivity contribution in [3.05, 3.63) is 64.8 Å². The van der Waals surface area contributed by atoms with Crippen LogP contribution >= 0.6 is 0 Å². The monoisotopic (exact) mass is 394 g/mol. The molecule has 3 rings (SSSR count). The molecule has 0 unspecified atom stereocenters. The number of benzene rings is 1. The quantitative estimate of drug-likeness (QED) is 0.490. The van der Waals surface area contributed by atoms with Crippen molar-refractivity contribution in [2.75, 3.05) is 0 Å². The Morgan fingerprint density at radius 1 is 0.793 bits per heavy atom. The summed E-state index contributed by atoms with van der Waals surface area (Å²) in [7, 11) is 0. The lowest BCUT2D eigenvalue weighted by molar-refractivity contribution is 0.377. The van der Waals surface area contributed by atoms with Crippen LogP contribution < -0.4 is 0 Å². The molecule has 2 aliphatic carbocycles. The van der Waals surface area contributed by atoms with E-state index < -0.39 is 0 Å². The molecule has 0 amide bonds. The first-order chi connectivity index (χ1) is 13.6. The molecule has 0 spiro atoms. The molecule has 0 aliphatic heterocycles. The van der Waals surface area contributed by atoms with Gasteiger partial charge in [0.2, 0.25) is 0 Å². The first kappa shape index (κ1) is 21.3. The zero-order valence-corrected chi connectivity index (χ0v) is 18.1. The zero-order chi connectivity index (χ0) is 21.5. The maximum Gasteiger partial charge on any atom is 0.130 e. The lowest BCUT2D eigenvalue weighted by Gasteiger charge is -2.34. The second-order valence-electron chi connectivity index (χ2n) is 9.15. The molecule has 0 bridgehead atoms. The fraction of sp³-hybridized carbons (Fsp3) is 0.462. The SMILES string of the molecule is C=C(C)[C@H]1CCC(C)=C[C@@H]1c1c(O)cc(O)c([C@@H]2C=C(C)CC[C@H]2C(=C)C)c1O. The van der Waals surface area contributed by atoms with Gasteiger partial charge >= 0.3 is 0 Å². The number of phenolic OH excluding ortho intramolecular Hbond substituents is 3. The van der Waals surface area contributed by atoms with E-state index in [0.29, 0.717) is 11.1 Å². The van der Waals surface area contributed by atoms with E-state index in [1.54, 1.807) is 0 Å². The lowest BCUT2D eigenvalue weighted by atomic mass is 9.70. The van der Waals surface area contributed by atoms with Crippen molar-refractivity contribution in [3.8, 4) is 17.2 Å². The number of hydrogen-bond donors (Lipinski definition) is 3. The zero-order valence-electron chi connectivity index (χ0n) is 18.1. The molecule has 3 nitrogen and oxygen atoms in total. The average Bonchev–Trinajstić information content (AvgIpc) is 2.61. The van der Waals surface area contributed by atoms with Crippen LogP contribution in [0.25, 0.3) is 0 Å². The van der Waals surface area contributed by atoms with Gasteiger partial charge < -0.3 is 15.3 Å². The van der Waals surface area contributed by atoms with Gasteiger partial charge in [-0.15, -0.1) is 0 Å². The second kappa shape index (κ2) is 8.14. The van der Waals surface area contributed by atoms with Crippen molar-refractivity contribution in [2.24, 2.45) is 11.8 Å². The highest BCUT2D eigenvalue weighted by Crippen LogP contribution is 2.53. The predicted molar refractivity (Wildman–Crippen MR) is 120 cm³/mol. The predicted octanol–water partition coefficient (Wildman–Crippen LogP) is 6.84. The molecule has 4 atom stereocenters. The second-order valence-corrected chi connectivity index (χ2v) is 9.15. The van der Waals surface area contributed by atoms with Crippen molar-refractivity contribution in [1.82, 2.24) is 0 Å². The van der Waals surface area contributed by atoms with Gasteiger partial charge in [-0.05, 0) is 65.2 Å². The largest absolute Gasteiger partial charge is 0.507 e. The maximum absolute atomic E-state index is 11.4. The van der Waals surface area contributed by atoms with Gasteiger partial charge in [-0.25, -0.2) is 0 Å². The summed E-state index contributed by atoms with van der Waals surface area (Å²) in [4.78, 5) is 0. The number of allylic oxidation sites excluding steroid dienone is 6. The molecule has 3 heteroatoms. The van der Waals surface area contributed by atoms with Crippen LogP contribution in [0.15, 0.2) is 53.7 Å². The first-order valence-electron chi connectivity index (χ1n) is 10.5. The van der Waals surface area contributed by atoms with E-state index in [4.69, 9.17) is 0 Å². The summed E-state index contributed by atoms with van der Waals surface area (Å²) >= 11 is 0. The van der Waals surface area contributed by atoms with E-state index in [-0.39, 0.29) is 40.9 Å². The molecule has 0 saturated carbocycles. The van der Waals surface area contributed by atoms with Crippen molar-refractivity contribution >= 4 is 0 Å². The Bertz CT molecular complexity index is 833. The van der Waals surface area contributed by atoms with Crippen LogP contribution in [0.3, 0.4) is 0 Å². The van der Waals surface area contributed by atoms with Crippen LogP contribution in [0.4, 0.5) is 0 Å². The third-order valence-electron chi connectivity index (χ3n) is 6.76. The smallest absolute Gasteiger partial charge is 0.130 e. The summed E-state index contributed by atoms with van der Waals surface area (Å²) in [5.41, 5.74) is 5.58. The lowest BCUT2D eigenvalue weighted by Crippen LogP contribution is -2.20. The molecular weight excluding hydrogens is 360 g/mol. The summed E-state index contributed by atoms with van der Waals surface area (Å²) in [6.07, 6.45) is 8.13. The van der Waals surface area contributed by atoms with Gasteiger partial charge in [0.25, 0.3) is 0 Å². The van der Waals surface area contributed by atoms with Crippen LogP contribution in [0.2, 0.25) is 0 Å². The fourth-order valence-corrected chi connectivity index (χ4v) is 5.14. The molecular formula is C26H34O3. The number of phenols is 3. The van der Waals surface area contributed by atoms with E-state index in [2.05, 4.69) is 39.2 Å². The molecule has 0 aromatic heterocycles. The van der Waals surface area contributed by atoms with Crippen molar-refractivity contribution in [2.45, 2.75) is 65.2 Å². The minimum Gasteiger partial charge on any atom is -0.507 e. The third-order valence-corrected chi connectivity index (χ3v) is 6.76. The minimum absolute atomic E-state index is 0.00639. The molecule has 0 fully saturated rings. The molecule has 0 radical (unpaired) electrons. The summed E-state index contributed by atoms with van der Waals surface area (Å²) in [5, 5.41) is 32.9. The van der Waals surface area contributed by atoms with Gasteiger partial charge in [0.1, 0.15) is 17.2 Å². The Hall–Kier alpha value is -2.42. The topological polar surface area (TPSA) is 60.7 Å². The number of aromatic hydroxyl groups is 3. The van der Waals surface area contributed by atoms with Crippen molar-refractivity contribution in [1.29, 1.82) is 0 Å². The maximum atomic E-state index is 11.4. The molecule has 0 heterocycles. The van der Waals surface area contributed by atoms with Crippen LogP contribution in [0.5, 0.6) is 17.2 Å². The molecule has 156 valence electrons. The third kappa shape index (κ3) is 4.01.